The van der Waals surface area contributed by atoms with Crippen molar-refractivity contribution >= 4 is 29.9 Å². The molecular formula is C17H36IN5O. The van der Waals surface area contributed by atoms with Gasteiger partial charge < -0.3 is 19.9 Å². The van der Waals surface area contributed by atoms with E-state index in [0.29, 0.717) is 12.0 Å². The summed E-state index contributed by atoms with van der Waals surface area (Å²) in [6.45, 7) is 14.4. The zero-order valence-corrected chi connectivity index (χ0v) is 18.2. The SMILES string of the molecule is CCN1CCN(C(C)CNC(=NC)N2CCC(COC)C2)CC1.I. The number of nitrogens with one attached hydrogen (secondary N) is 1. The molecule has 0 radical (unpaired) electrons. The Hall–Kier alpha value is -0.120. The molecule has 142 valence electrons. The molecule has 2 fully saturated rings. The summed E-state index contributed by atoms with van der Waals surface area (Å²) in [6.07, 6.45) is 1.20. The first-order valence-electron chi connectivity index (χ1n) is 9.08. The minimum Gasteiger partial charge on any atom is -0.384 e. The lowest BCUT2D eigenvalue weighted by Gasteiger charge is -2.38. The predicted octanol–water partition coefficient (Wildman–Crippen LogP) is 1.17. The number of methoxy groups -OCH3 is 1. The summed E-state index contributed by atoms with van der Waals surface area (Å²) in [5.41, 5.74) is 0. The van der Waals surface area contributed by atoms with Crippen LogP contribution in [0.1, 0.15) is 20.3 Å². The maximum absolute atomic E-state index is 5.29. The van der Waals surface area contributed by atoms with Crippen LogP contribution in [0.25, 0.3) is 0 Å². The molecule has 0 aromatic heterocycles. The number of ether oxygens (including phenoxy) is 1. The fraction of sp³-hybridized carbons (Fsp3) is 0.941. The molecule has 7 heteroatoms. The molecule has 1 N–H and O–H groups in total. The third-order valence-corrected chi connectivity index (χ3v) is 5.23. The van der Waals surface area contributed by atoms with Gasteiger partial charge in [-0.1, -0.05) is 6.92 Å². The molecule has 2 unspecified atom stereocenters. The van der Waals surface area contributed by atoms with E-state index in [1.807, 2.05) is 7.05 Å². The monoisotopic (exact) mass is 453 g/mol. The molecule has 6 nitrogen and oxygen atoms in total. The van der Waals surface area contributed by atoms with Crippen molar-refractivity contribution in [3.63, 3.8) is 0 Å². The van der Waals surface area contributed by atoms with Crippen molar-refractivity contribution in [2.75, 3.05) is 73.1 Å². The van der Waals surface area contributed by atoms with Crippen molar-refractivity contribution in [2.45, 2.75) is 26.3 Å². The average Bonchev–Trinajstić information content (AvgIpc) is 3.04. The molecule has 0 amide bonds. The number of rotatable bonds is 6. The standard InChI is InChI=1S/C17H35N5O.HI/c1-5-20-8-10-21(11-9-20)15(2)12-19-17(18-3)22-7-6-16(13-22)14-23-4;/h15-16H,5-14H2,1-4H3,(H,18,19);1H. The highest BCUT2D eigenvalue weighted by atomic mass is 127. The molecule has 2 heterocycles. The van der Waals surface area contributed by atoms with Gasteiger partial charge >= 0.3 is 0 Å². The highest BCUT2D eigenvalue weighted by Gasteiger charge is 2.25. The fourth-order valence-electron chi connectivity index (χ4n) is 3.62. The number of halogens is 1. The molecule has 2 atom stereocenters. The largest absolute Gasteiger partial charge is 0.384 e. The number of guanidine groups is 1. The Labute approximate surface area is 165 Å². The first kappa shape index (κ1) is 21.9. The summed E-state index contributed by atoms with van der Waals surface area (Å²) in [6, 6.07) is 0.545. The van der Waals surface area contributed by atoms with Gasteiger partial charge in [0.05, 0.1) is 6.61 Å². The molecule has 0 aromatic carbocycles. The Morgan fingerprint density at radius 2 is 1.96 bits per heavy atom. The van der Waals surface area contributed by atoms with E-state index < -0.39 is 0 Å². The van der Waals surface area contributed by atoms with Crippen LogP contribution in [0.3, 0.4) is 0 Å². The van der Waals surface area contributed by atoms with Gasteiger partial charge in [0.25, 0.3) is 0 Å². The second-order valence-electron chi connectivity index (χ2n) is 6.80. The van der Waals surface area contributed by atoms with Crippen LogP contribution >= 0.6 is 24.0 Å². The maximum atomic E-state index is 5.29. The van der Waals surface area contributed by atoms with Gasteiger partial charge in [0.15, 0.2) is 5.96 Å². The van der Waals surface area contributed by atoms with Crippen molar-refractivity contribution in [1.29, 1.82) is 0 Å². The van der Waals surface area contributed by atoms with Crippen molar-refractivity contribution in [3.8, 4) is 0 Å². The Morgan fingerprint density at radius 3 is 2.54 bits per heavy atom. The topological polar surface area (TPSA) is 43.3 Å². The van der Waals surface area contributed by atoms with Gasteiger partial charge in [0.2, 0.25) is 0 Å². The molecule has 24 heavy (non-hydrogen) atoms. The summed E-state index contributed by atoms with van der Waals surface area (Å²) in [4.78, 5) is 11.9. The third-order valence-electron chi connectivity index (χ3n) is 5.23. The van der Waals surface area contributed by atoms with Crippen LogP contribution in [0.15, 0.2) is 4.99 Å². The quantitative estimate of drug-likeness (QED) is 0.372. The molecule has 0 aliphatic carbocycles. The van der Waals surface area contributed by atoms with Crippen molar-refractivity contribution in [2.24, 2.45) is 10.9 Å². The smallest absolute Gasteiger partial charge is 0.193 e. The van der Waals surface area contributed by atoms with Gasteiger partial charge in [-0.25, -0.2) is 0 Å². The minimum atomic E-state index is 0. The van der Waals surface area contributed by atoms with Gasteiger partial charge in [-0.3, -0.25) is 9.89 Å². The Morgan fingerprint density at radius 1 is 1.25 bits per heavy atom. The average molecular weight is 453 g/mol. The van der Waals surface area contributed by atoms with Crippen LogP contribution < -0.4 is 5.32 Å². The van der Waals surface area contributed by atoms with Gasteiger partial charge in [0, 0.05) is 71.9 Å². The number of hydrogen-bond donors (Lipinski definition) is 1. The number of piperazine rings is 1. The number of nitrogens with zero attached hydrogens (tertiary/aromatic N) is 4. The van der Waals surface area contributed by atoms with Crippen LogP contribution in [0.4, 0.5) is 0 Å². The van der Waals surface area contributed by atoms with Crippen molar-refractivity contribution in [1.82, 2.24) is 20.0 Å². The van der Waals surface area contributed by atoms with E-state index in [1.165, 1.54) is 39.1 Å². The first-order valence-corrected chi connectivity index (χ1v) is 9.08. The van der Waals surface area contributed by atoms with E-state index >= 15 is 0 Å². The highest BCUT2D eigenvalue weighted by Crippen LogP contribution is 2.16. The highest BCUT2D eigenvalue weighted by molar-refractivity contribution is 14.0. The Balaban J connectivity index is 0.00000288. The summed E-state index contributed by atoms with van der Waals surface area (Å²) in [5, 5.41) is 3.58. The minimum absolute atomic E-state index is 0. The number of aliphatic imine (C=N–C) groups is 1. The fourth-order valence-corrected chi connectivity index (χ4v) is 3.62. The van der Waals surface area contributed by atoms with Crippen LogP contribution in [0.5, 0.6) is 0 Å². The van der Waals surface area contributed by atoms with Crippen molar-refractivity contribution < 1.29 is 4.74 Å². The number of likely N-dealkylation sites (tertiary alicyclic amines) is 1. The number of hydrogen-bond acceptors (Lipinski definition) is 4. The number of likely N-dealkylation sites (N-methyl/N-ethyl adjacent to an activating group) is 1. The van der Waals surface area contributed by atoms with E-state index in [2.05, 4.69) is 38.9 Å². The van der Waals surface area contributed by atoms with E-state index in [1.54, 1.807) is 7.11 Å². The molecule has 0 spiro atoms. The van der Waals surface area contributed by atoms with E-state index in [0.717, 1.165) is 32.2 Å². The lowest BCUT2D eigenvalue weighted by molar-refractivity contribution is 0.107. The summed E-state index contributed by atoms with van der Waals surface area (Å²) >= 11 is 0. The van der Waals surface area contributed by atoms with Crippen LogP contribution in [0.2, 0.25) is 0 Å². The Bertz CT molecular complexity index is 374. The molecule has 0 aromatic rings. The molecule has 2 rings (SSSR count). The summed E-state index contributed by atoms with van der Waals surface area (Å²) in [7, 11) is 3.67. The Kier molecular flexibility index (Phi) is 10.5. The van der Waals surface area contributed by atoms with Gasteiger partial charge in [-0.2, -0.15) is 0 Å². The van der Waals surface area contributed by atoms with E-state index in [9.17, 15) is 0 Å². The molecular weight excluding hydrogens is 417 g/mol. The van der Waals surface area contributed by atoms with Crippen LogP contribution in [-0.4, -0.2) is 99.8 Å². The lowest BCUT2D eigenvalue weighted by Crippen LogP contribution is -2.53. The zero-order chi connectivity index (χ0) is 16.7. The summed E-state index contributed by atoms with van der Waals surface area (Å²) in [5.74, 6) is 1.68. The van der Waals surface area contributed by atoms with Crippen molar-refractivity contribution in [3.05, 3.63) is 0 Å². The molecule has 2 saturated heterocycles. The lowest BCUT2D eigenvalue weighted by atomic mass is 10.1. The normalized spacial score (nSPS) is 24.8. The predicted molar refractivity (Wildman–Crippen MR) is 111 cm³/mol. The van der Waals surface area contributed by atoms with E-state index in [-0.39, 0.29) is 24.0 Å². The first-order chi connectivity index (χ1) is 11.2. The van der Waals surface area contributed by atoms with Crippen LogP contribution in [-0.2, 0) is 4.74 Å². The van der Waals surface area contributed by atoms with Gasteiger partial charge in [0.1, 0.15) is 0 Å². The maximum Gasteiger partial charge on any atom is 0.193 e. The van der Waals surface area contributed by atoms with Gasteiger partial charge in [-0.05, 0) is 19.9 Å². The van der Waals surface area contributed by atoms with E-state index in [4.69, 9.17) is 4.74 Å². The second kappa shape index (κ2) is 11.5. The molecule has 2 aliphatic heterocycles. The van der Waals surface area contributed by atoms with Gasteiger partial charge in [-0.15, -0.1) is 24.0 Å². The van der Waals surface area contributed by atoms with Crippen LogP contribution in [0, 0.1) is 5.92 Å². The second-order valence-corrected chi connectivity index (χ2v) is 6.80. The molecule has 0 bridgehead atoms. The zero-order valence-electron chi connectivity index (χ0n) is 15.8. The molecule has 2 aliphatic rings. The molecule has 0 saturated carbocycles. The summed E-state index contributed by atoms with van der Waals surface area (Å²) < 4.78 is 5.29. The third kappa shape index (κ3) is 6.31.